The van der Waals surface area contributed by atoms with Crippen LogP contribution in [0.4, 0.5) is 0 Å². The lowest BCUT2D eigenvalue weighted by Gasteiger charge is -2.29. The van der Waals surface area contributed by atoms with Crippen molar-refractivity contribution in [3.05, 3.63) is 120 Å². The molecule has 3 aromatic heterocycles. The molecular weight excluding hydrogens is 1540 g/mol. The van der Waals surface area contributed by atoms with E-state index in [0.29, 0.717) is 18.4 Å². The van der Waals surface area contributed by atoms with Gasteiger partial charge < -0.3 is 133 Å². The molecule has 0 aliphatic heterocycles. The second-order valence-corrected chi connectivity index (χ2v) is 27.5. The number of aromatic nitrogens is 6. The summed E-state index contributed by atoms with van der Waals surface area (Å²) in [5, 5.41) is 89.0. The van der Waals surface area contributed by atoms with E-state index in [-0.39, 0.29) is 92.4 Å². The van der Waals surface area contributed by atoms with Gasteiger partial charge in [0, 0.05) is 80.7 Å². The summed E-state index contributed by atoms with van der Waals surface area (Å²) in [6.45, 7) is 0.998. The fraction of sp³-hybridized carbons (Fsp3) is 0.472. The third kappa shape index (κ3) is 34.0. The number of nitrogens with zero attached hydrogens (tertiary/aromatic N) is 3. The van der Waals surface area contributed by atoms with Crippen molar-refractivity contribution < 1.29 is 102 Å². The monoisotopic (exact) mass is 1640 g/mol. The summed E-state index contributed by atoms with van der Waals surface area (Å²) in [5.74, 6) is -20.1. The number of aliphatic carboxylic acids is 3. The molecule has 5 aromatic rings. The second-order valence-electron chi connectivity index (χ2n) is 27.5. The van der Waals surface area contributed by atoms with Crippen molar-refractivity contribution in [3.63, 3.8) is 0 Å². The van der Waals surface area contributed by atoms with Crippen LogP contribution >= 0.6 is 0 Å². The van der Waals surface area contributed by atoms with E-state index in [1.807, 2.05) is 0 Å². The van der Waals surface area contributed by atoms with Gasteiger partial charge in [0.05, 0.1) is 44.6 Å². The number of benzene rings is 2. The molecule has 30 N–H and O–H groups in total. The van der Waals surface area contributed by atoms with E-state index in [1.54, 1.807) is 30.3 Å². The van der Waals surface area contributed by atoms with Crippen molar-refractivity contribution in [1.29, 1.82) is 5.41 Å². The number of aromatic hydroxyl groups is 1. The summed E-state index contributed by atoms with van der Waals surface area (Å²) < 4.78 is 0. The Morgan fingerprint density at radius 1 is 0.444 bits per heavy atom. The minimum Gasteiger partial charge on any atom is -0.508 e. The highest BCUT2D eigenvalue weighted by atomic mass is 16.4. The van der Waals surface area contributed by atoms with Crippen molar-refractivity contribution in [2.45, 2.75) is 183 Å². The van der Waals surface area contributed by atoms with E-state index in [0.717, 1.165) is 0 Å². The van der Waals surface area contributed by atoms with Gasteiger partial charge in [-0.1, -0.05) is 56.3 Å². The number of guanidine groups is 1. The van der Waals surface area contributed by atoms with Crippen molar-refractivity contribution in [2.24, 2.45) is 28.9 Å². The zero-order valence-corrected chi connectivity index (χ0v) is 64.0. The summed E-state index contributed by atoms with van der Waals surface area (Å²) in [6.07, 6.45) is 3.47. The zero-order chi connectivity index (χ0) is 86.3. The number of phenolic OH excluding ortho intramolecular Hbond substituents is 1. The van der Waals surface area contributed by atoms with Crippen LogP contribution in [0.15, 0.2) is 92.2 Å². The van der Waals surface area contributed by atoms with Crippen LogP contribution in [-0.2, 0) is 109 Å². The van der Waals surface area contributed by atoms with Crippen molar-refractivity contribution in [1.82, 2.24) is 99.0 Å². The predicted molar refractivity (Wildman–Crippen MR) is 410 cm³/mol. The van der Waals surface area contributed by atoms with E-state index in [9.17, 15) is 102 Å². The summed E-state index contributed by atoms with van der Waals surface area (Å²) in [7, 11) is 0. The first-order valence-electron chi connectivity index (χ1n) is 37.1. The molecule has 117 heavy (non-hydrogen) atoms. The number of phenols is 1. The van der Waals surface area contributed by atoms with Gasteiger partial charge >= 0.3 is 17.9 Å². The van der Waals surface area contributed by atoms with Gasteiger partial charge in [0.25, 0.3) is 0 Å². The van der Waals surface area contributed by atoms with E-state index in [1.165, 1.54) is 75.7 Å². The normalized spacial score (nSPS) is 14.1. The zero-order valence-electron chi connectivity index (χ0n) is 64.0. The van der Waals surface area contributed by atoms with Crippen LogP contribution in [-0.4, -0.2) is 255 Å². The molecule has 45 nitrogen and oxygen atoms in total. The number of amides is 13. The summed E-state index contributed by atoms with van der Waals surface area (Å²) in [6, 6.07) is -5.85. The number of carbonyl (C=O) groups is 16. The topological polar surface area (TPSA) is 745 Å². The van der Waals surface area contributed by atoms with Gasteiger partial charge in [-0.2, -0.15) is 0 Å². The van der Waals surface area contributed by atoms with Gasteiger partial charge in [0.2, 0.25) is 76.8 Å². The first-order valence-corrected chi connectivity index (χ1v) is 37.1. The smallest absolute Gasteiger partial charge is 0.326 e. The molecule has 0 unspecified atom stereocenters. The molecule has 13 amide bonds. The fourth-order valence-corrected chi connectivity index (χ4v) is 11.5. The first kappa shape index (κ1) is 94.1. The number of primary amides is 1. The highest BCUT2D eigenvalue weighted by molar-refractivity contribution is 6.00. The number of nitrogens with two attached hydrogens (primary N) is 4. The number of rotatable bonds is 53. The Kier molecular flexibility index (Phi) is 39.1. The Hall–Kier alpha value is -13.5. The summed E-state index contributed by atoms with van der Waals surface area (Å²) in [4.78, 5) is 238. The molecule has 0 aliphatic rings. The summed E-state index contributed by atoms with van der Waals surface area (Å²) in [5.41, 5.74) is 24.3. The van der Waals surface area contributed by atoms with Gasteiger partial charge in [0.15, 0.2) is 5.96 Å². The van der Waals surface area contributed by atoms with E-state index >= 15 is 0 Å². The minimum atomic E-state index is -2.06. The van der Waals surface area contributed by atoms with E-state index < -0.39 is 225 Å². The molecule has 636 valence electrons. The third-order valence-corrected chi connectivity index (χ3v) is 17.8. The van der Waals surface area contributed by atoms with Crippen LogP contribution in [0.25, 0.3) is 0 Å². The molecular formula is C72H102N24O21. The Labute approximate surface area is 668 Å². The number of aliphatic hydroxyl groups excluding tert-OH is 1. The van der Waals surface area contributed by atoms with E-state index in [2.05, 4.69) is 99.0 Å². The molecule has 3 heterocycles. The largest absolute Gasteiger partial charge is 0.508 e. The Balaban J connectivity index is 1.32. The summed E-state index contributed by atoms with van der Waals surface area (Å²) >= 11 is 0. The number of hydrogen-bond donors (Lipinski definition) is 26. The number of aromatic amines is 3. The molecule has 2 aromatic carbocycles. The molecule has 0 radical (unpaired) electrons. The van der Waals surface area contributed by atoms with Gasteiger partial charge in [-0.05, 0) is 87.1 Å². The van der Waals surface area contributed by atoms with Crippen LogP contribution < -0.4 is 92.1 Å². The first-order chi connectivity index (χ1) is 55.6. The lowest BCUT2D eigenvalue weighted by atomic mass is 10.00. The van der Waals surface area contributed by atoms with Crippen LogP contribution in [0.1, 0.15) is 106 Å². The Morgan fingerprint density at radius 2 is 0.872 bits per heavy atom. The lowest BCUT2D eigenvalue weighted by Crippen LogP contribution is -2.61. The molecule has 0 bridgehead atoms. The van der Waals surface area contributed by atoms with Gasteiger partial charge in [-0.3, -0.25) is 77.3 Å². The van der Waals surface area contributed by atoms with Crippen LogP contribution in [0.2, 0.25) is 0 Å². The predicted octanol–water partition coefficient (Wildman–Crippen LogP) is -7.42. The number of carboxylic acid groups (broad SMARTS) is 3. The number of unbranched alkanes of at least 4 members (excludes halogenated alkanes) is 1. The molecule has 45 heteroatoms. The van der Waals surface area contributed by atoms with Gasteiger partial charge in [-0.15, -0.1) is 0 Å². The number of aliphatic hydroxyl groups is 1. The molecule has 0 saturated heterocycles. The van der Waals surface area contributed by atoms with Crippen LogP contribution in [0, 0.1) is 11.3 Å². The van der Waals surface area contributed by atoms with Gasteiger partial charge in [-0.25, -0.2) is 19.7 Å². The molecule has 0 spiro atoms. The molecule has 0 saturated carbocycles. The average Bonchev–Trinajstić information content (AvgIpc) is 1.82. The Bertz CT molecular complexity index is 4160. The number of H-pyrrole nitrogens is 3. The van der Waals surface area contributed by atoms with Crippen LogP contribution in [0.5, 0.6) is 5.75 Å². The number of imidazole rings is 3. The standard InChI is InChI=1S/C72H102N24O21/c1-37(2)59(70(115)94-52(27-42-31-80-36-85-42)68(113)92-50(25-40-29-78-34-83-40)66(111)88-46(17-19-55(75)99)63(108)90-48(71(116)117)11-6-7-21-73)96-64(109)47(18-20-57(101)102)89-65(110)49(24-39-13-15-43(98)16-14-39)86-56(100)32-82-61(106)54(33-97)95-69(114)53(28-58(103)104)93-67(112)51(26-41-30-79-35-84-41)91-62(107)45(12-8-22-81-72(76)77)87-60(105)44(74)23-38-9-4-3-5-10-38/h3-5,9-10,13-16,29-31,34-37,44-54,59,97-98H,6-8,11-12,17-28,32-33,73-74H2,1-2H3,(H2,75,99)(H,78,83)(H,79,84)(H,80,85)(H,82,106)(H,86,100)(H,87,105)(H,88,111)(H,89,110)(H,90,108)(H,91,107)(H,92,113)(H,93,112)(H,94,115)(H,95,114)(H,96,109)(H,101,102)(H,103,104)(H,116,117)(H4,76,77,81)/t44-,45-,46-,47-,48-,49-,50-,51-,52-,53-,54-,59-/m0/s1. The average molecular weight is 1640 g/mol. The molecule has 5 rings (SSSR count). The number of nitrogens with one attached hydrogen (secondary N) is 17. The number of carboxylic acids is 3. The maximum absolute atomic E-state index is 14.6. The maximum atomic E-state index is 14.6. The third-order valence-electron chi connectivity index (χ3n) is 17.8. The maximum Gasteiger partial charge on any atom is 0.326 e. The van der Waals surface area contributed by atoms with Crippen molar-refractivity contribution in [3.8, 4) is 5.75 Å². The molecule has 0 fully saturated rings. The fourth-order valence-electron chi connectivity index (χ4n) is 11.5. The van der Waals surface area contributed by atoms with Gasteiger partial charge in [0.1, 0.15) is 72.2 Å². The Morgan fingerprint density at radius 3 is 1.33 bits per heavy atom. The number of hydrogen-bond acceptors (Lipinski definition) is 24. The highest BCUT2D eigenvalue weighted by Crippen LogP contribution is 2.16. The SMILES string of the molecule is CC(C)[C@H](NC(=O)[C@H](CCC(=O)O)NC(=O)[C@H](Cc1ccc(O)cc1)NC(=O)CNC(=O)[C@H](CO)NC(=O)[C@H](CC(=O)O)NC(=O)[C@H](Cc1cnc[nH]1)NC(=O)[C@H](CCCNC(=N)N)NC(=O)[C@@H](N)Cc1ccccc1)C(=O)N[C@@H](Cc1cnc[nH]1)C(=O)N[C@@H](Cc1cnc[nH]1)C(=O)N[C@@H](CCC(N)=O)C(=O)N[C@@H](CCCCN)C(=O)O. The van der Waals surface area contributed by atoms with Crippen molar-refractivity contribution in [2.75, 3.05) is 26.2 Å². The minimum absolute atomic E-state index is 0.0423. The highest BCUT2D eigenvalue weighted by Gasteiger charge is 2.38. The lowest BCUT2D eigenvalue weighted by molar-refractivity contribution is -0.143. The van der Waals surface area contributed by atoms with E-state index in [4.69, 9.17) is 28.3 Å². The van der Waals surface area contributed by atoms with Crippen LogP contribution in [0.3, 0.4) is 0 Å². The van der Waals surface area contributed by atoms with Crippen molar-refractivity contribution >= 4 is 101 Å². The molecule has 12 atom stereocenters. The molecule has 0 aliphatic carbocycles. The quantitative estimate of drug-likeness (QED) is 0.00977. The second kappa shape index (κ2) is 48.6. The number of carbonyl (C=O) groups excluding carboxylic acids is 13.